The predicted molar refractivity (Wildman–Crippen MR) is 74.7 cm³/mol. The molecule has 104 valence electrons. The lowest BCUT2D eigenvalue weighted by Crippen LogP contribution is -2.41. The Morgan fingerprint density at radius 3 is 3.00 bits per heavy atom. The normalized spacial score (nSPS) is 32.6. The molecule has 0 aliphatic carbocycles. The molecule has 2 nitrogen and oxygen atoms in total. The molecule has 1 spiro atoms. The van der Waals surface area contributed by atoms with Crippen molar-refractivity contribution in [1.29, 1.82) is 0 Å². The van der Waals surface area contributed by atoms with E-state index in [1.54, 1.807) is 18.2 Å². The van der Waals surface area contributed by atoms with Gasteiger partial charge in [0, 0.05) is 17.9 Å². The lowest BCUT2D eigenvalue weighted by Gasteiger charge is -2.39. The van der Waals surface area contributed by atoms with Crippen molar-refractivity contribution in [1.82, 2.24) is 0 Å². The maximum Gasteiger partial charge on any atom is 0.129 e. The molecule has 19 heavy (non-hydrogen) atoms. The highest BCUT2D eigenvalue weighted by Crippen LogP contribution is 2.44. The Kier molecular flexibility index (Phi) is 3.83. The predicted octanol–water partition coefficient (Wildman–Crippen LogP) is 3.16. The summed E-state index contributed by atoms with van der Waals surface area (Å²) in [6.45, 7) is 0.677. The van der Waals surface area contributed by atoms with Gasteiger partial charge in [0.15, 0.2) is 0 Å². The van der Waals surface area contributed by atoms with Gasteiger partial charge in [-0.05, 0) is 37.0 Å². The standard InChI is InChI=1S/C15H19FO2S/c16-13-4-2-1-3-12(13)14(17)11-5-7-18-15(9-11)6-8-19-10-15/h1-4,11,14,17H,5-10H2. The van der Waals surface area contributed by atoms with Crippen LogP contribution in [0.5, 0.6) is 0 Å². The van der Waals surface area contributed by atoms with Gasteiger partial charge in [0.05, 0.1) is 11.7 Å². The fraction of sp³-hybridized carbons (Fsp3) is 0.600. The highest BCUT2D eigenvalue weighted by atomic mass is 32.2. The maximum absolute atomic E-state index is 13.8. The number of ether oxygens (including phenoxy) is 1. The van der Waals surface area contributed by atoms with Crippen molar-refractivity contribution in [3.8, 4) is 0 Å². The second-order valence-electron chi connectivity index (χ2n) is 5.55. The van der Waals surface area contributed by atoms with Gasteiger partial charge in [0.25, 0.3) is 0 Å². The first-order valence-corrected chi connectivity index (χ1v) is 8.00. The Morgan fingerprint density at radius 1 is 1.42 bits per heavy atom. The molecule has 0 amide bonds. The summed E-state index contributed by atoms with van der Waals surface area (Å²) >= 11 is 1.91. The van der Waals surface area contributed by atoms with Gasteiger partial charge < -0.3 is 9.84 Å². The second kappa shape index (κ2) is 5.43. The van der Waals surface area contributed by atoms with Crippen LogP contribution >= 0.6 is 11.8 Å². The molecule has 3 rings (SSSR count). The zero-order chi connectivity index (χ0) is 13.3. The lowest BCUT2D eigenvalue weighted by atomic mass is 9.80. The highest BCUT2D eigenvalue weighted by molar-refractivity contribution is 7.99. The zero-order valence-corrected chi connectivity index (χ0v) is 11.7. The molecular formula is C15H19FO2S. The average molecular weight is 282 g/mol. The Morgan fingerprint density at radius 2 is 2.26 bits per heavy atom. The minimum atomic E-state index is -0.715. The van der Waals surface area contributed by atoms with E-state index in [-0.39, 0.29) is 17.3 Å². The van der Waals surface area contributed by atoms with Crippen LogP contribution in [0, 0.1) is 11.7 Å². The summed E-state index contributed by atoms with van der Waals surface area (Å²) < 4.78 is 19.7. The van der Waals surface area contributed by atoms with Crippen molar-refractivity contribution < 1.29 is 14.2 Å². The quantitative estimate of drug-likeness (QED) is 0.903. The van der Waals surface area contributed by atoms with Gasteiger partial charge in [0.1, 0.15) is 5.82 Å². The summed E-state index contributed by atoms with van der Waals surface area (Å²) in [6.07, 6.45) is 1.99. The Labute approximate surface area is 117 Å². The molecule has 0 aromatic heterocycles. The van der Waals surface area contributed by atoms with Crippen molar-refractivity contribution in [2.75, 3.05) is 18.1 Å². The number of aliphatic hydroxyl groups excluding tert-OH is 1. The molecule has 0 saturated carbocycles. The fourth-order valence-corrected chi connectivity index (χ4v) is 4.55. The molecule has 2 fully saturated rings. The van der Waals surface area contributed by atoms with Crippen LogP contribution in [0.25, 0.3) is 0 Å². The summed E-state index contributed by atoms with van der Waals surface area (Å²) in [7, 11) is 0. The molecule has 4 heteroatoms. The van der Waals surface area contributed by atoms with Gasteiger partial charge in [-0.1, -0.05) is 18.2 Å². The number of hydrogen-bond acceptors (Lipinski definition) is 3. The molecule has 1 aromatic carbocycles. The van der Waals surface area contributed by atoms with Crippen molar-refractivity contribution in [2.24, 2.45) is 5.92 Å². The van der Waals surface area contributed by atoms with Gasteiger partial charge in [-0.2, -0.15) is 11.8 Å². The van der Waals surface area contributed by atoms with E-state index in [0.29, 0.717) is 12.2 Å². The van der Waals surface area contributed by atoms with E-state index in [4.69, 9.17) is 4.74 Å². The summed E-state index contributed by atoms with van der Waals surface area (Å²) in [5.74, 6) is 1.93. The van der Waals surface area contributed by atoms with Crippen LogP contribution in [0.4, 0.5) is 4.39 Å². The molecule has 2 heterocycles. The van der Waals surface area contributed by atoms with Crippen LogP contribution in [-0.2, 0) is 4.74 Å². The third-order valence-electron chi connectivity index (χ3n) is 4.27. The van der Waals surface area contributed by atoms with E-state index >= 15 is 0 Å². The van der Waals surface area contributed by atoms with E-state index in [2.05, 4.69) is 0 Å². The lowest BCUT2D eigenvalue weighted by molar-refractivity contribution is -0.102. The highest BCUT2D eigenvalue weighted by Gasteiger charge is 2.42. The molecular weight excluding hydrogens is 263 g/mol. The third-order valence-corrected chi connectivity index (χ3v) is 5.49. The van der Waals surface area contributed by atoms with Gasteiger partial charge in [-0.25, -0.2) is 4.39 Å². The average Bonchev–Trinajstić information content (AvgIpc) is 2.86. The number of rotatable bonds is 2. The molecule has 3 unspecified atom stereocenters. The number of hydrogen-bond donors (Lipinski definition) is 1. The van der Waals surface area contributed by atoms with Crippen LogP contribution in [0.15, 0.2) is 24.3 Å². The van der Waals surface area contributed by atoms with E-state index in [1.807, 2.05) is 11.8 Å². The van der Waals surface area contributed by atoms with Crippen LogP contribution in [0.3, 0.4) is 0 Å². The van der Waals surface area contributed by atoms with E-state index < -0.39 is 6.10 Å². The molecule has 2 aliphatic heterocycles. The molecule has 0 bridgehead atoms. The minimum Gasteiger partial charge on any atom is -0.388 e. The van der Waals surface area contributed by atoms with Crippen LogP contribution < -0.4 is 0 Å². The van der Waals surface area contributed by atoms with Crippen molar-refractivity contribution >= 4 is 11.8 Å². The molecule has 1 N–H and O–H groups in total. The number of thioether (sulfide) groups is 1. The van der Waals surface area contributed by atoms with Crippen molar-refractivity contribution in [3.05, 3.63) is 35.6 Å². The van der Waals surface area contributed by atoms with Crippen LogP contribution in [-0.4, -0.2) is 28.8 Å². The third kappa shape index (κ3) is 2.67. The van der Waals surface area contributed by atoms with Gasteiger partial charge in [-0.15, -0.1) is 0 Å². The molecule has 1 aromatic rings. The zero-order valence-electron chi connectivity index (χ0n) is 10.8. The van der Waals surface area contributed by atoms with Crippen molar-refractivity contribution in [2.45, 2.75) is 31.0 Å². The summed E-state index contributed by atoms with van der Waals surface area (Å²) in [6, 6.07) is 6.54. The molecule has 0 radical (unpaired) electrons. The summed E-state index contributed by atoms with van der Waals surface area (Å²) in [4.78, 5) is 0. The van der Waals surface area contributed by atoms with Crippen LogP contribution in [0.2, 0.25) is 0 Å². The van der Waals surface area contributed by atoms with Gasteiger partial charge >= 0.3 is 0 Å². The Hall–Kier alpha value is -0.580. The number of halogens is 1. The number of aliphatic hydroxyl groups is 1. The topological polar surface area (TPSA) is 29.5 Å². The Balaban J connectivity index is 1.76. The van der Waals surface area contributed by atoms with Crippen molar-refractivity contribution in [3.63, 3.8) is 0 Å². The Bertz CT molecular complexity index is 446. The smallest absolute Gasteiger partial charge is 0.129 e. The van der Waals surface area contributed by atoms with Gasteiger partial charge in [0.2, 0.25) is 0 Å². The van der Waals surface area contributed by atoms with Gasteiger partial charge in [-0.3, -0.25) is 0 Å². The van der Waals surface area contributed by atoms with E-state index in [0.717, 1.165) is 30.8 Å². The summed E-state index contributed by atoms with van der Waals surface area (Å²) in [5, 5.41) is 10.5. The molecule has 3 atom stereocenters. The molecule has 2 aliphatic rings. The summed E-state index contributed by atoms with van der Waals surface area (Å²) in [5.41, 5.74) is 0.356. The maximum atomic E-state index is 13.8. The monoisotopic (exact) mass is 282 g/mol. The first-order valence-electron chi connectivity index (χ1n) is 6.84. The first-order chi connectivity index (χ1) is 9.20. The first kappa shape index (κ1) is 13.4. The minimum absolute atomic E-state index is 0.0696. The second-order valence-corrected chi connectivity index (χ2v) is 6.66. The number of benzene rings is 1. The SMILES string of the molecule is OC(c1ccccc1F)C1CCOC2(CCSC2)C1. The van der Waals surface area contributed by atoms with E-state index in [9.17, 15) is 9.50 Å². The largest absolute Gasteiger partial charge is 0.388 e. The van der Waals surface area contributed by atoms with Crippen LogP contribution in [0.1, 0.15) is 30.9 Å². The fourth-order valence-electron chi connectivity index (χ4n) is 3.17. The van der Waals surface area contributed by atoms with E-state index in [1.165, 1.54) is 6.07 Å². The molecule has 2 saturated heterocycles.